The van der Waals surface area contributed by atoms with Crippen LogP contribution in [0.25, 0.3) is 0 Å². The van der Waals surface area contributed by atoms with E-state index in [2.05, 4.69) is 14.6 Å². The second-order valence-corrected chi connectivity index (χ2v) is 3.53. The maximum Gasteiger partial charge on any atom is 0.559 e. The van der Waals surface area contributed by atoms with Crippen molar-refractivity contribution in [2.24, 2.45) is 0 Å². The first-order valence-corrected chi connectivity index (χ1v) is 4.79. The lowest BCUT2D eigenvalue weighted by Gasteiger charge is -2.12. The standard InChI is InChI=1S/C9H14BNO5/c1-6(2)8-5-4-7(9(11-8)14-3)10(15-12)16-13/h4-6,12-13H,1-3H3. The SMILES string of the molecule is COc1nc(C(C)C)ccc1B(OO)OO. The van der Waals surface area contributed by atoms with Gasteiger partial charge in [-0.25, -0.2) is 4.98 Å². The van der Waals surface area contributed by atoms with E-state index in [9.17, 15) is 0 Å². The Morgan fingerprint density at radius 1 is 1.25 bits per heavy atom. The van der Waals surface area contributed by atoms with Crippen molar-refractivity contribution >= 4 is 12.6 Å². The van der Waals surface area contributed by atoms with Crippen LogP contribution in [0.2, 0.25) is 0 Å². The number of pyridine rings is 1. The van der Waals surface area contributed by atoms with Crippen LogP contribution < -0.4 is 10.2 Å². The van der Waals surface area contributed by atoms with E-state index >= 15 is 0 Å². The quantitative estimate of drug-likeness (QED) is 0.441. The molecule has 1 heterocycles. The van der Waals surface area contributed by atoms with Crippen molar-refractivity contribution in [2.45, 2.75) is 19.8 Å². The first kappa shape index (κ1) is 12.9. The van der Waals surface area contributed by atoms with Crippen LogP contribution in [-0.4, -0.2) is 29.7 Å². The van der Waals surface area contributed by atoms with Gasteiger partial charge in [-0.2, -0.15) is 0 Å². The molecule has 0 spiro atoms. The molecular weight excluding hydrogens is 213 g/mol. The number of hydrogen-bond acceptors (Lipinski definition) is 6. The first-order chi connectivity index (χ1) is 7.63. The van der Waals surface area contributed by atoms with Gasteiger partial charge in [-0.3, -0.25) is 20.1 Å². The molecule has 0 saturated heterocycles. The molecule has 0 atom stereocenters. The van der Waals surface area contributed by atoms with Gasteiger partial charge in [-0.15, -0.1) is 0 Å². The minimum atomic E-state index is -1.33. The number of rotatable bonds is 5. The lowest BCUT2D eigenvalue weighted by atomic mass is 9.80. The highest BCUT2D eigenvalue weighted by Gasteiger charge is 2.27. The van der Waals surface area contributed by atoms with Crippen LogP contribution in [0.4, 0.5) is 0 Å². The molecule has 16 heavy (non-hydrogen) atoms. The van der Waals surface area contributed by atoms with Gasteiger partial charge in [0.05, 0.1) is 7.11 Å². The fourth-order valence-electron chi connectivity index (χ4n) is 1.26. The summed E-state index contributed by atoms with van der Waals surface area (Å²) in [6.07, 6.45) is 0. The molecule has 0 fully saturated rings. The van der Waals surface area contributed by atoms with Crippen molar-refractivity contribution in [1.82, 2.24) is 4.98 Å². The van der Waals surface area contributed by atoms with Gasteiger partial charge in [0.15, 0.2) is 0 Å². The minimum Gasteiger partial charge on any atom is -0.481 e. The molecule has 0 saturated carbocycles. The molecule has 7 heteroatoms. The van der Waals surface area contributed by atoms with Crippen LogP contribution in [0.1, 0.15) is 25.5 Å². The fourth-order valence-corrected chi connectivity index (χ4v) is 1.26. The highest BCUT2D eigenvalue weighted by atomic mass is 17.2. The van der Waals surface area contributed by atoms with Crippen LogP contribution in [0, 0.1) is 0 Å². The molecule has 0 aliphatic heterocycles. The van der Waals surface area contributed by atoms with Crippen LogP contribution in [0.15, 0.2) is 12.1 Å². The molecule has 1 aromatic rings. The monoisotopic (exact) mass is 227 g/mol. The molecule has 1 rings (SSSR count). The van der Waals surface area contributed by atoms with Crippen molar-refractivity contribution < 1.29 is 24.9 Å². The molecule has 0 aromatic carbocycles. The Labute approximate surface area is 93.8 Å². The number of ether oxygens (including phenoxy) is 1. The summed E-state index contributed by atoms with van der Waals surface area (Å²) in [5.74, 6) is 0.478. The average Bonchev–Trinajstić information content (AvgIpc) is 2.30. The van der Waals surface area contributed by atoms with Crippen LogP contribution in [0.5, 0.6) is 5.88 Å². The summed E-state index contributed by atoms with van der Waals surface area (Å²) in [7, 11) is 0.102. The second kappa shape index (κ2) is 5.81. The molecule has 2 N–H and O–H groups in total. The Morgan fingerprint density at radius 2 is 1.88 bits per heavy atom. The second-order valence-electron chi connectivity index (χ2n) is 3.53. The summed E-state index contributed by atoms with van der Waals surface area (Å²) in [6.45, 7) is 3.98. The summed E-state index contributed by atoms with van der Waals surface area (Å²) in [5, 5.41) is 17.0. The van der Waals surface area contributed by atoms with E-state index in [-0.39, 0.29) is 11.8 Å². The fraction of sp³-hybridized carbons (Fsp3) is 0.444. The average molecular weight is 227 g/mol. The van der Waals surface area contributed by atoms with Crippen molar-refractivity contribution in [3.05, 3.63) is 17.8 Å². The van der Waals surface area contributed by atoms with Crippen molar-refractivity contribution in [1.29, 1.82) is 0 Å². The zero-order chi connectivity index (χ0) is 12.1. The van der Waals surface area contributed by atoms with E-state index in [1.165, 1.54) is 7.11 Å². The zero-order valence-electron chi connectivity index (χ0n) is 9.38. The summed E-state index contributed by atoms with van der Waals surface area (Å²) in [5.41, 5.74) is 1.13. The van der Waals surface area contributed by atoms with E-state index in [1.807, 2.05) is 13.8 Å². The van der Waals surface area contributed by atoms with Crippen LogP contribution in [-0.2, 0) is 9.61 Å². The Kier molecular flexibility index (Phi) is 4.69. The maximum absolute atomic E-state index is 8.51. The smallest absolute Gasteiger partial charge is 0.481 e. The number of methoxy groups -OCH3 is 1. The summed E-state index contributed by atoms with van der Waals surface area (Å²) in [6, 6.07) is 3.35. The highest BCUT2D eigenvalue weighted by molar-refractivity contribution is 6.61. The number of hydrogen-bond donors (Lipinski definition) is 2. The zero-order valence-corrected chi connectivity index (χ0v) is 9.38. The van der Waals surface area contributed by atoms with Crippen molar-refractivity contribution in [2.75, 3.05) is 7.11 Å². The molecule has 6 nitrogen and oxygen atoms in total. The van der Waals surface area contributed by atoms with Crippen LogP contribution >= 0.6 is 0 Å². The molecule has 0 unspecified atom stereocenters. The molecule has 0 radical (unpaired) electrons. The number of nitrogens with zero attached hydrogens (tertiary/aromatic N) is 1. The Balaban J connectivity index is 3.10. The highest BCUT2D eigenvalue weighted by Crippen LogP contribution is 2.14. The van der Waals surface area contributed by atoms with E-state index in [1.54, 1.807) is 12.1 Å². The Morgan fingerprint density at radius 3 is 2.31 bits per heavy atom. The van der Waals surface area contributed by atoms with Gasteiger partial charge in [0.25, 0.3) is 0 Å². The first-order valence-electron chi connectivity index (χ1n) is 4.79. The van der Waals surface area contributed by atoms with E-state index in [4.69, 9.17) is 15.3 Å². The molecule has 88 valence electrons. The van der Waals surface area contributed by atoms with E-state index in [0.29, 0.717) is 5.46 Å². The summed E-state index contributed by atoms with van der Waals surface area (Å²) >= 11 is 0. The van der Waals surface area contributed by atoms with E-state index < -0.39 is 7.12 Å². The van der Waals surface area contributed by atoms with Gasteiger partial charge >= 0.3 is 7.12 Å². The van der Waals surface area contributed by atoms with Gasteiger partial charge in [0.1, 0.15) is 0 Å². The van der Waals surface area contributed by atoms with Crippen molar-refractivity contribution in [3.63, 3.8) is 0 Å². The van der Waals surface area contributed by atoms with Crippen molar-refractivity contribution in [3.8, 4) is 5.88 Å². The topological polar surface area (TPSA) is 81.0 Å². The summed E-state index contributed by atoms with van der Waals surface area (Å²) in [4.78, 5) is 12.1. The summed E-state index contributed by atoms with van der Waals surface area (Å²) < 4.78 is 5.03. The molecule has 0 aliphatic carbocycles. The predicted octanol–water partition coefficient (Wildman–Crippen LogP) is 0.888. The maximum atomic E-state index is 8.51. The third kappa shape index (κ3) is 2.70. The molecule has 0 bridgehead atoms. The normalized spacial score (nSPS) is 10.6. The predicted molar refractivity (Wildman–Crippen MR) is 57.7 cm³/mol. The van der Waals surface area contributed by atoms with Gasteiger partial charge in [0, 0.05) is 11.2 Å². The van der Waals surface area contributed by atoms with Gasteiger partial charge in [-0.1, -0.05) is 19.9 Å². The number of aromatic nitrogens is 1. The molecule has 0 amide bonds. The van der Waals surface area contributed by atoms with Gasteiger partial charge < -0.3 is 4.74 Å². The van der Waals surface area contributed by atoms with E-state index in [0.717, 1.165) is 5.69 Å². The minimum absolute atomic E-state index is 0.235. The lowest BCUT2D eigenvalue weighted by Crippen LogP contribution is -2.36. The Bertz CT molecular complexity index is 343. The van der Waals surface area contributed by atoms with Crippen LogP contribution in [0.3, 0.4) is 0 Å². The van der Waals surface area contributed by atoms with Gasteiger partial charge in [-0.05, 0) is 12.0 Å². The molecular formula is C9H14BNO5. The van der Waals surface area contributed by atoms with Gasteiger partial charge in [0.2, 0.25) is 5.88 Å². The largest absolute Gasteiger partial charge is 0.559 e. The Hall–Kier alpha value is -1.15. The third-order valence-corrected chi connectivity index (χ3v) is 2.14. The third-order valence-electron chi connectivity index (χ3n) is 2.14. The lowest BCUT2D eigenvalue weighted by molar-refractivity contribution is -0.221. The molecule has 0 aliphatic rings. The molecule has 1 aromatic heterocycles.